The summed E-state index contributed by atoms with van der Waals surface area (Å²) in [5.41, 5.74) is 6.15. The van der Waals surface area contributed by atoms with Gasteiger partial charge < -0.3 is 15.5 Å². The number of hydrogen-bond acceptors (Lipinski definition) is 3. The lowest BCUT2D eigenvalue weighted by molar-refractivity contribution is 0.346. The number of likely N-dealkylation sites (tertiary alicyclic amines) is 1. The van der Waals surface area contributed by atoms with Crippen LogP contribution < -0.4 is 10.6 Å². The van der Waals surface area contributed by atoms with Crippen LogP contribution in [0.25, 0.3) is 0 Å². The Morgan fingerprint density at radius 2 is 1.94 bits per heavy atom. The Morgan fingerprint density at radius 1 is 1.28 bits per heavy atom. The minimum Gasteiger partial charge on any atom is -0.397 e. The highest BCUT2D eigenvalue weighted by molar-refractivity contribution is 5.68. The lowest BCUT2D eigenvalue weighted by atomic mass is 10.2. The van der Waals surface area contributed by atoms with Crippen LogP contribution in [0.1, 0.15) is 12.8 Å². The molecule has 0 amide bonds. The Kier molecular flexibility index (Phi) is 4.01. The number of nitrogens with zero attached hydrogens (tertiary/aromatic N) is 2. The molecule has 18 heavy (non-hydrogen) atoms. The Morgan fingerprint density at radius 3 is 2.61 bits per heavy atom. The molecule has 2 N–H and O–H groups in total. The summed E-state index contributed by atoms with van der Waals surface area (Å²) in [4.78, 5) is 4.01. The number of rotatable bonds is 4. The van der Waals surface area contributed by atoms with Gasteiger partial charge in [0.1, 0.15) is 0 Å². The summed E-state index contributed by atoms with van der Waals surface area (Å²) in [6.07, 6.45) is 2.44. The van der Waals surface area contributed by atoms with Gasteiger partial charge in [-0.1, -0.05) is 0 Å². The number of benzene rings is 1. The summed E-state index contributed by atoms with van der Waals surface area (Å²) in [7, 11) is 1.74. The SMILES string of the molecule is CN(CCN1CCCC1)c1c(N)ccc(F)c1F. The first-order valence-corrected chi connectivity index (χ1v) is 6.26. The van der Waals surface area contributed by atoms with Gasteiger partial charge in [0.15, 0.2) is 11.6 Å². The second-order valence-corrected chi connectivity index (χ2v) is 4.77. The molecular weight excluding hydrogens is 236 g/mol. The molecule has 5 heteroatoms. The van der Waals surface area contributed by atoms with Gasteiger partial charge >= 0.3 is 0 Å². The fourth-order valence-electron chi connectivity index (χ4n) is 2.35. The van der Waals surface area contributed by atoms with Gasteiger partial charge in [-0.3, -0.25) is 0 Å². The summed E-state index contributed by atoms with van der Waals surface area (Å²) in [6, 6.07) is 2.46. The van der Waals surface area contributed by atoms with Crippen molar-refractivity contribution in [3.63, 3.8) is 0 Å². The van der Waals surface area contributed by atoms with Crippen molar-refractivity contribution in [1.29, 1.82) is 0 Å². The Balaban J connectivity index is 2.03. The molecule has 1 heterocycles. The lowest BCUT2D eigenvalue weighted by Gasteiger charge is -2.24. The highest BCUT2D eigenvalue weighted by Crippen LogP contribution is 2.27. The largest absolute Gasteiger partial charge is 0.397 e. The molecule has 0 saturated carbocycles. The van der Waals surface area contributed by atoms with Gasteiger partial charge in [0, 0.05) is 20.1 Å². The van der Waals surface area contributed by atoms with Crippen LogP contribution >= 0.6 is 0 Å². The molecule has 1 aliphatic rings. The molecule has 0 radical (unpaired) electrons. The third kappa shape index (κ3) is 2.72. The van der Waals surface area contributed by atoms with Crippen molar-refractivity contribution < 1.29 is 8.78 Å². The third-order valence-corrected chi connectivity index (χ3v) is 3.43. The molecule has 0 atom stereocenters. The van der Waals surface area contributed by atoms with Crippen molar-refractivity contribution in [2.24, 2.45) is 0 Å². The minimum absolute atomic E-state index is 0.161. The maximum Gasteiger partial charge on any atom is 0.184 e. The predicted molar refractivity (Wildman–Crippen MR) is 69.7 cm³/mol. The zero-order valence-corrected chi connectivity index (χ0v) is 10.6. The smallest absolute Gasteiger partial charge is 0.184 e. The molecular formula is C13H19F2N3. The minimum atomic E-state index is -0.862. The Labute approximate surface area is 106 Å². The Bertz CT molecular complexity index is 417. The summed E-state index contributed by atoms with van der Waals surface area (Å²) in [5, 5.41) is 0. The number of halogens is 2. The van der Waals surface area contributed by atoms with Gasteiger partial charge in [-0.2, -0.15) is 0 Å². The third-order valence-electron chi connectivity index (χ3n) is 3.43. The van der Waals surface area contributed by atoms with Gasteiger partial charge in [0.25, 0.3) is 0 Å². The van der Waals surface area contributed by atoms with Crippen molar-refractivity contribution in [2.45, 2.75) is 12.8 Å². The second-order valence-electron chi connectivity index (χ2n) is 4.77. The lowest BCUT2D eigenvalue weighted by Crippen LogP contribution is -2.32. The highest BCUT2D eigenvalue weighted by atomic mass is 19.2. The quantitative estimate of drug-likeness (QED) is 0.836. The van der Waals surface area contributed by atoms with Crippen LogP contribution in [0, 0.1) is 11.6 Å². The average molecular weight is 255 g/mol. The number of nitrogen functional groups attached to an aromatic ring is 1. The van der Waals surface area contributed by atoms with E-state index in [0.717, 1.165) is 25.7 Å². The van der Waals surface area contributed by atoms with Crippen LogP contribution in [-0.4, -0.2) is 38.1 Å². The van der Waals surface area contributed by atoms with Crippen LogP contribution in [0.2, 0.25) is 0 Å². The molecule has 0 unspecified atom stereocenters. The van der Waals surface area contributed by atoms with Crippen molar-refractivity contribution in [2.75, 3.05) is 43.9 Å². The van der Waals surface area contributed by atoms with Gasteiger partial charge in [-0.05, 0) is 38.1 Å². The number of anilines is 2. The first kappa shape index (κ1) is 13.1. The number of nitrogens with two attached hydrogens (primary N) is 1. The van der Waals surface area contributed by atoms with Crippen LogP contribution in [0.4, 0.5) is 20.2 Å². The zero-order valence-electron chi connectivity index (χ0n) is 10.6. The van der Waals surface area contributed by atoms with E-state index in [1.807, 2.05) is 0 Å². The molecule has 0 aromatic heterocycles. The van der Waals surface area contributed by atoms with Crippen molar-refractivity contribution in [3.05, 3.63) is 23.8 Å². The van der Waals surface area contributed by atoms with Gasteiger partial charge in [0.2, 0.25) is 0 Å². The molecule has 0 aliphatic carbocycles. The van der Waals surface area contributed by atoms with E-state index in [9.17, 15) is 8.78 Å². The zero-order chi connectivity index (χ0) is 13.1. The molecule has 1 aromatic rings. The maximum atomic E-state index is 13.7. The highest BCUT2D eigenvalue weighted by Gasteiger charge is 2.17. The first-order chi connectivity index (χ1) is 8.59. The topological polar surface area (TPSA) is 32.5 Å². The second kappa shape index (κ2) is 5.52. The van der Waals surface area contributed by atoms with Crippen molar-refractivity contribution in [1.82, 2.24) is 4.90 Å². The van der Waals surface area contributed by atoms with E-state index in [1.54, 1.807) is 11.9 Å². The molecule has 1 aliphatic heterocycles. The van der Waals surface area contributed by atoms with Crippen LogP contribution in [0.5, 0.6) is 0 Å². The Hall–Kier alpha value is -1.36. The van der Waals surface area contributed by atoms with E-state index < -0.39 is 11.6 Å². The van der Waals surface area contributed by atoms with E-state index in [1.165, 1.54) is 18.9 Å². The summed E-state index contributed by atoms with van der Waals surface area (Å²) < 4.78 is 26.9. The number of hydrogen-bond donors (Lipinski definition) is 1. The van der Waals surface area contributed by atoms with Gasteiger partial charge in [-0.15, -0.1) is 0 Å². The van der Waals surface area contributed by atoms with Gasteiger partial charge in [0.05, 0.1) is 11.4 Å². The molecule has 0 bridgehead atoms. The normalized spacial score (nSPS) is 16.2. The van der Waals surface area contributed by atoms with Crippen LogP contribution in [-0.2, 0) is 0 Å². The van der Waals surface area contributed by atoms with E-state index in [-0.39, 0.29) is 11.4 Å². The number of likely N-dealkylation sites (N-methyl/N-ethyl adjacent to an activating group) is 1. The standard InChI is InChI=1S/C13H19F2N3/c1-17(8-9-18-6-2-3-7-18)13-11(16)5-4-10(14)12(13)15/h4-5H,2-3,6-9,16H2,1H3. The molecule has 1 fully saturated rings. The van der Waals surface area contributed by atoms with E-state index in [0.29, 0.717) is 6.54 Å². The fraction of sp³-hybridized carbons (Fsp3) is 0.538. The van der Waals surface area contributed by atoms with Gasteiger partial charge in [-0.25, -0.2) is 8.78 Å². The molecule has 0 spiro atoms. The first-order valence-electron chi connectivity index (χ1n) is 6.26. The van der Waals surface area contributed by atoms with Crippen LogP contribution in [0.15, 0.2) is 12.1 Å². The molecule has 1 saturated heterocycles. The molecule has 2 rings (SSSR count). The molecule has 3 nitrogen and oxygen atoms in total. The molecule has 1 aromatic carbocycles. The van der Waals surface area contributed by atoms with E-state index in [4.69, 9.17) is 5.73 Å². The average Bonchev–Trinajstić information content (AvgIpc) is 2.85. The predicted octanol–water partition coefficient (Wildman–Crippen LogP) is 2.08. The van der Waals surface area contributed by atoms with Crippen LogP contribution in [0.3, 0.4) is 0 Å². The maximum absolute atomic E-state index is 13.7. The van der Waals surface area contributed by atoms with Crippen molar-refractivity contribution in [3.8, 4) is 0 Å². The monoisotopic (exact) mass is 255 g/mol. The summed E-state index contributed by atoms with van der Waals surface area (Å²) >= 11 is 0. The van der Waals surface area contributed by atoms with Crippen molar-refractivity contribution >= 4 is 11.4 Å². The molecule has 100 valence electrons. The summed E-state index contributed by atoms with van der Waals surface area (Å²) in [6.45, 7) is 3.68. The van der Waals surface area contributed by atoms with E-state index in [2.05, 4.69) is 4.90 Å². The van der Waals surface area contributed by atoms with E-state index >= 15 is 0 Å². The fourth-order valence-corrected chi connectivity index (χ4v) is 2.35. The summed E-state index contributed by atoms with van der Waals surface area (Å²) in [5.74, 6) is -1.72.